The van der Waals surface area contributed by atoms with Crippen molar-refractivity contribution in [2.45, 2.75) is 58.4 Å². The lowest BCUT2D eigenvalue weighted by molar-refractivity contribution is 0.0724. The quantitative estimate of drug-likeness (QED) is 0.595. The number of hydrogen-bond donors (Lipinski definition) is 2. The van der Waals surface area contributed by atoms with Gasteiger partial charge in [0.2, 0.25) is 0 Å². The molecule has 0 spiro atoms. The number of aliphatic imine (C=N–C) groups is 1. The summed E-state index contributed by atoms with van der Waals surface area (Å²) in [4.78, 5) is 18.9. The van der Waals surface area contributed by atoms with Crippen LogP contribution in [0.4, 0.5) is 0 Å². The minimum Gasteiger partial charge on any atom is -0.356 e. The molecule has 0 unspecified atom stereocenters. The minimum atomic E-state index is 0.164. The Bertz CT molecular complexity index is 637. The predicted molar refractivity (Wildman–Crippen MR) is 111 cm³/mol. The van der Waals surface area contributed by atoms with Crippen LogP contribution in [0.2, 0.25) is 0 Å². The molecule has 0 aromatic heterocycles. The first-order valence-corrected chi connectivity index (χ1v) is 10.5. The van der Waals surface area contributed by atoms with Crippen LogP contribution in [0.15, 0.2) is 29.3 Å². The van der Waals surface area contributed by atoms with E-state index >= 15 is 0 Å². The molecular weight excluding hydrogens is 336 g/mol. The third-order valence-electron chi connectivity index (χ3n) is 6.32. The molecule has 1 aromatic rings. The normalized spacial score (nSPS) is 19.3. The zero-order valence-electron chi connectivity index (χ0n) is 16.9. The first-order chi connectivity index (χ1) is 13.2. The molecule has 27 heavy (non-hydrogen) atoms. The van der Waals surface area contributed by atoms with Gasteiger partial charge in [0.1, 0.15) is 0 Å². The zero-order chi connectivity index (χ0) is 19.1. The number of amides is 1. The lowest BCUT2D eigenvalue weighted by Gasteiger charge is -2.41. The lowest BCUT2D eigenvalue weighted by Crippen LogP contribution is -2.46. The number of benzene rings is 1. The topological polar surface area (TPSA) is 56.7 Å². The molecule has 2 fully saturated rings. The third kappa shape index (κ3) is 5.02. The van der Waals surface area contributed by atoms with Gasteiger partial charge in [0, 0.05) is 38.8 Å². The summed E-state index contributed by atoms with van der Waals surface area (Å²) in [5, 5.41) is 6.87. The van der Waals surface area contributed by atoms with Gasteiger partial charge < -0.3 is 15.5 Å². The summed E-state index contributed by atoms with van der Waals surface area (Å²) in [5.74, 6) is 1.01. The highest BCUT2D eigenvalue weighted by atomic mass is 16.2. The van der Waals surface area contributed by atoms with E-state index in [4.69, 9.17) is 0 Å². The Morgan fingerprint density at radius 1 is 1.07 bits per heavy atom. The van der Waals surface area contributed by atoms with Gasteiger partial charge in [-0.1, -0.05) is 25.5 Å². The molecule has 0 atom stereocenters. The highest BCUT2D eigenvalue weighted by Gasteiger charge is 2.34. The van der Waals surface area contributed by atoms with E-state index in [0.717, 1.165) is 49.6 Å². The number of nitrogens with one attached hydrogen (secondary N) is 2. The van der Waals surface area contributed by atoms with Crippen LogP contribution >= 0.6 is 0 Å². The van der Waals surface area contributed by atoms with Crippen molar-refractivity contribution in [3.05, 3.63) is 35.4 Å². The molecule has 5 nitrogen and oxygen atoms in total. The molecule has 1 heterocycles. The highest BCUT2D eigenvalue weighted by molar-refractivity contribution is 5.94. The van der Waals surface area contributed by atoms with E-state index in [1.54, 1.807) is 0 Å². The van der Waals surface area contributed by atoms with Crippen molar-refractivity contribution < 1.29 is 4.79 Å². The van der Waals surface area contributed by atoms with Gasteiger partial charge in [0.05, 0.1) is 0 Å². The van der Waals surface area contributed by atoms with Crippen molar-refractivity contribution in [1.29, 1.82) is 0 Å². The maximum Gasteiger partial charge on any atom is 0.253 e. The van der Waals surface area contributed by atoms with Gasteiger partial charge in [-0.2, -0.15) is 0 Å². The average Bonchev–Trinajstić information content (AvgIpc) is 2.70. The molecule has 148 valence electrons. The van der Waals surface area contributed by atoms with Crippen LogP contribution < -0.4 is 10.6 Å². The number of piperidine rings is 1. The predicted octanol–water partition coefficient (Wildman–Crippen LogP) is 3.56. The monoisotopic (exact) mass is 370 g/mol. The van der Waals surface area contributed by atoms with Crippen molar-refractivity contribution in [1.82, 2.24) is 15.5 Å². The summed E-state index contributed by atoms with van der Waals surface area (Å²) < 4.78 is 0. The van der Waals surface area contributed by atoms with Crippen molar-refractivity contribution in [3.63, 3.8) is 0 Å². The number of carbonyl (C=O) groups excluding carboxylic acids is 1. The van der Waals surface area contributed by atoms with Crippen LogP contribution in [0.1, 0.15) is 67.8 Å². The smallest absolute Gasteiger partial charge is 0.253 e. The second kappa shape index (κ2) is 9.25. The molecule has 1 amide bonds. The molecule has 2 N–H and O–H groups in total. The molecule has 1 aromatic carbocycles. The first-order valence-electron chi connectivity index (χ1n) is 10.5. The van der Waals surface area contributed by atoms with Crippen LogP contribution in [0.3, 0.4) is 0 Å². The number of likely N-dealkylation sites (tertiary alicyclic amines) is 1. The SMILES string of the molecule is CCC1(CNC(=NC)NCc2ccc(C(=O)N3CCCCC3)cc2)CCC1. The summed E-state index contributed by atoms with van der Waals surface area (Å²) >= 11 is 0. The average molecular weight is 371 g/mol. The van der Waals surface area contributed by atoms with E-state index in [0.29, 0.717) is 12.0 Å². The Labute approximate surface area is 163 Å². The molecular formula is C22H34N4O. The summed E-state index contributed by atoms with van der Waals surface area (Å²) in [6.07, 6.45) is 8.70. The van der Waals surface area contributed by atoms with Gasteiger partial charge in [0.25, 0.3) is 5.91 Å². The molecule has 0 radical (unpaired) electrons. The van der Waals surface area contributed by atoms with E-state index in [9.17, 15) is 4.79 Å². The Morgan fingerprint density at radius 2 is 1.78 bits per heavy atom. The van der Waals surface area contributed by atoms with Crippen LogP contribution in [0.5, 0.6) is 0 Å². The summed E-state index contributed by atoms with van der Waals surface area (Å²) in [5.41, 5.74) is 2.41. The fourth-order valence-electron chi connectivity index (χ4n) is 4.05. The van der Waals surface area contributed by atoms with E-state index in [-0.39, 0.29) is 5.91 Å². The van der Waals surface area contributed by atoms with E-state index in [1.807, 2.05) is 36.2 Å². The number of guanidine groups is 1. The highest BCUT2D eigenvalue weighted by Crippen LogP contribution is 2.42. The molecule has 1 saturated heterocycles. The van der Waals surface area contributed by atoms with E-state index in [2.05, 4.69) is 22.5 Å². The summed E-state index contributed by atoms with van der Waals surface area (Å²) in [6, 6.07) is 7.98. The Kier molecular flexibility index (Phi) is 6.75. The molecule has 1 saturated carbocycles. The van der Waals surface area contributed by atoms with Gasteiger partial charge in [-0.15, -0.1) is 0 Å². The molecule has 1 aliphatic carbocycles. The number of carbonyl (C=O) groups is 1. The summed E-state index contributed by atoms with van der Waals surface area (Å²) in [6.45, 7) is 5.76. The maximum atomic E-state index is 12.5. The van der Waals surface area contributed by atoms with Crippen LogP contribution in [0.25, 0.3) is 0 Å². The van der Waals surface area contributed by atoms with Gasteiger partial charge in [-0.3, -0.25) is 9.79 Å². The second-order valence-electron chi connectivity index (χ2n) is 8.04. The number of rotatable bonds is 6. The zero-order valence-corrected chi connectivity index (χ0v) is 16.9. The third-order valence-corrected chi connectivity index (χ3v) is 6.32. The molecule has 3 rings (SSSR count). The number of hydrogen-bond acceptors (Lipinski definition) is 2. The molecule has 1 aliphatic heterocycles. The Hall–Kier alpha value is -2.04. The molecule has 0 bridgehead atoms. The number of nitrogens with zero attached hydrogens (tertiary/aromatic N) is 2. The second-order valence-corrected chi connectivity index (χ2v) is 8.04. The minimum absolute atomic E-state index is 0.164. The van der Waals surface area contributed by atoms with Crippen molar-refractivity contribution in [2.24, 2.45) is 10.4 Å². The van der Waals surface area contributed by atoms with Crippen molar-refractivity contribution in [2.75, 3.05) is 26.7 Å². The lowest BCUT2D eigenvalue weighted by atomic mass is 9.67. The van der Waals surface area contributed by atoms with Crippen LogP contribution in [0, 0.1) is 5.41 Å². The molecule has 5 heteroatoms. The molecule has 2 aliphatic rings. The van der Waals surface area contributed by atoms with Gasteiger partial charge in [0.15, 0.2) is 5.96 Å². The van der Waals surface area contributed by atoms with Crippen molar-refractivity contribution in [3.8, 4) is 0 Å². The van der Waals surface area contributed by atoms with Crippen molar-refractivity contribution >= 4 is 11.9 Å². The fourth-order valence-corrected chi connectivity index (χ4v) is 4.05. The Balaban J connectivity index is 1.48. The summed E-state index contributed by atoms with van der Waals surface area (Å²) in [7, 11) is 1.81. The largest absolute Gasteiger partial charge is 0.356 e. The van der Waals surface area contributed by atoms with Gasteiger partial charge >= 0.3 is 0 Å². The van der Waals surface area contributed by atoms with Crippen LogP contribution in [-0.2, 0) is 6.54 Å². The van der Waals surface area contributed by atoms with Crippen LogP contribution in [-0.4, -0.2) is 43.4 Å². The fraction of sp³-hybridized carbons (Fsp3) is 0.636. The van der Waals surface area contributed by atoms with Gasteiger partial charge in [-0.05, 0) is 61.6 Å². The Morgan fingerprint density at radius 3 is 2.33 bits per heavy atom. The first kappa shape index (κ1) is 19.7. The van der Waals surface area contributed by atoms with E-state index < -0.39 is 0 Å². The van der Waals surface area contributed by atoms with Gasteiger partial charge in [-0.25, -0.2) is 0 Å². The standard InChI is InChI=1S/C22H34N4O/c1-3-22(12-7-13-22)17-25-21(23-2)24-16-18-8-10-19(11-9-18)20(27)26-14-5-4-6-15-26/h8-11H,3-7,12-17H2,1-2H3,(H2,23,24,25). The van der Waals surface area contributed by atoms with E-state index in [1.165, 1.54) is 32.1 Å². The maximum absolute atomic E-state index is 12.5.